The molecule has 0 aliphatic rings. The molecule has 0 fully saturated rings. The molecule has 0 radical (unpaired) electrons. The fraction of sp³-hybridized carbons (Fsp3) is 0.846. The molecule has 0 saturated carbocycles. The van der Waals surface area contributed by atoms with Crippen LogP contribution in [-0.4, -0.2) is 69.4 Å². The van der Waals surface area contributed by atoms with E-state index in [1.165, 1.54) is 193 Å². The first-order valence-electron chi connectivity index (χ1n) is 31.9. The van der Waals surface area contributed by atoms with E-state index in [1.807, 2.05) is 33.3 Å². The van der Waals surface area contributed by atoms with E-state index in [0.29, 0.717) is 17.4 Å². The first-order chi connectivity index (χ1) is 36.4. The summed E-state index contributed by atoms with van der Waals surface area (Å²) in [6, 6.07) is -0.890. The first kappa shape index (κ1) is 73.0. The summed E-state index contributed by atoms with van der Waals surface area (Å²) < 4.78 is 30.3. The average Bonchev–Trinajstić information content (AvgIpc) is 3.37. The lowest BCUT2D eigenvalue weighted by Gasteiger charge is -2.30. The maximum atomic E-state index is 13.5. The van der Waals surface area contributed by atoms with Crippen LogP contribution in [0.1, 0.15) is 303 Å². The normalized spacial score (nSPS) is 14.0. The van der Waals surface area contributed by atoms with Gasteiger partial charge in [-0.1, -0.05) is 250 Å². The summed E-state index contributed by atoms with van der Waals surface area (Å²) >= 11 is 0. The summed E-state index contributed by atoms with van der Waals surface area (Å²) in [5.74, 6) is -0.542. The minimum Gasteiger partial charge on any atom is -0.756 e. The third kappa shape index (κ3) is 56.5. The summed E-state index contributed by atoms with van der Waals surface area (Å²) in [5, 5.41) is 3.03. The Hall–Kier alpha value is -2.03. The lowest BCUT2D eigenvalue weighted by Crippen LogP contribution is -2.47. The molecule has 0 heterocycles. The van der Waals surface area contributed by atoms with Gasteiger partial charge >= 0.3 is 5.97 Å². The molecule has 1 amide bonds. The molecule has 0 rings (SSSR count). The fourth-order valence-corrected chi connectivity index (χ4v) is 9.98. The van der Waals surface area contributed by atoms with Crippen LogP contribution >= 0.6 is 7.82 Å². The largest absolute Gasteiger partial charge is 0.756 e. The van der Waals surface area contributed by atoms with Gasteiger partial charge in [0.25, 0.3) is 7.82 Å². The van der Waals surface area contributed by atoms with E-state index >= 15 is 0 Å². The smallest absolute Gasteiger partial charge is 0.306 e. The van der Waals surface area contributed by atoms with Crippen molar-refractivity contribution >= 4 is 19.7 Å². The van der Waals surface area contributed by atoms with Gasteiger partial charge in [-0.2, -0.15) is 0 Å². The molecule has 75 heavy (non-hydrogen) atoms. The Labute approximate surface area is 465 Å². The maximum Gasteiger partial charge on any atom is 0.306 e. The SMILES string of the molecule is CCCCC/C=C\C/C=C\CCCCCCCCCC(=O)OC(/C=C\CCCCCCCCCCC)C(COP(=O)([O-])OCC[N+](C)(C)C)NC(=O)CCCCCCCCCCCCC/C=C/CCCCCCCC. The third-order valence-corrected chi connectivity index (χ3v) is 15.2. The van der Waals surface area contributed by atoms with Crippen LogP contribution < -0.4 is 10.2 Å². The molecule has 10 heteroatoms. The van der Waals surface area contributed by atoms with Gasteiger partial charge in [0, 0.05) is 12.8 Å². The second-order valence-electron chi connectivity index (χ2n) is 22.9. The number of nitrogens with zero attached hydrogens (tertiary/aromatic N) is 1. The highest BCUT2D eigenvalue weighted by Crippen LogP contribution is 2.38. The van der Waals surface area contributed by atoms with Gasteiger partial charge in [-0.15, -0.1) is 0 Å². The Bertz CT molecular complexity index is 1420. The highest BCUT2D eigenvalue weighted by atomic mass is 31.2. The Morgan fingerprint density at radius 2 is 0.813 bits per heavy atom. The number of phosphoric ester groups is 1. The Morgan fingerprint density at radius 1 is 0.467 bits per heavy atom. The predicted molar refractivity (Wildman–Crippen MR) is 321 cm³/mol. The molecule has 1 N–H and O–H groups in total. The van der Waals surface area contributed by atoms with Crippen LogP contribution in [0.2, 0.25) is 0 Å². The number of ether oxygens (including phenoxy) is 1. The number of likely N-dealkylation sites (N-methyl/N-ethyl adjacent to an activating group) is 1. The molecule has 3 unspecified atom stereocenters. The van der Waals surface area contributed by atoms with Crippen LogP contribution in [0.4, 0.5) is 0 Å². The highest BCUT2D eigenvalue weighted by molar-refractivity contribution is 7.45. The van der Waals surface area contributed by atoms with Crippen molar-refractivity contribution < 1.29 is 37.3 Å². The number of rotatable bonds is 58. The molecule has 440 valence electrons. The van der Waals surface area contributed by atoms with E-state index in [2.05, 4.69) is 62.5 Å². The molecule has 0 aromatic carbocycles. The van der Waals surface area contributed by atoms with Crippen molar-refractivity contribution in [3.05, 3.63) is 48.6 Å². The van der Waals surface area contributed by atoms with Crippen molar-refractivity contribution in [2.45, 2.75) is 315 Å². The molecule has 3 atom stereocenters. The molecule has 0 aromatic rings. The van der Waals surface area contributed by atoms with Gasteiger partial charge in [0.1, 0.15) is 19.3 Å². The lowest BCUT2D eigenvalue weighted by molar-refractivity contribution is -0.870. The lowest BCUT2D eigenvalue weighted by atomic mass is 10.0. The van der Waals surface area contributed by atoms with Gasteiger partial charge in [-0.25, -0.2) is 0 Å². The van der Waals surface area contributed by atoms with Crippen LogP contribution in [0, 0.1) is 0 Å². The van der Waals surface area contributed by atoms with Crippen LogP contribution in [0.25, 0.3) is 0 Å². The van der Waals surface area contributed by atoms with E-state index in [4.69, 9.17) is 13.8 Å². The number of unbranched alkanes of at least 4 members (excludes halogenated alkanes) is 36. The summed E-state index contributed by atoms with van der Waals surface area (Å²) in [5.41, 5.74) is 0. The quantitative estimate of drug-likeness (QED) is 0.0212. The van der Waals surface area contributed by atoms with Gasteiger partial charge in [-0.3, -0.25) is 14.2 Å². The van der Waals surface area contributed by atoms with E-state index in [-0.39, 0.29) is 31.5 Å². The number of carbonyl (C=O) groups excluding carboxylic acids is 2. The molecular formula is C65H123N2O7P. The summed E-state index contributed by atoms with van der Waals surface area (Å²) in [6.45, 7) is 6.83. The Morgan fingerprint density at radius 3 is 1.24 bits per heavy atom. The van der Waals surface area contributed by atoms with Gasteiger partial charge in [0.15, 0.2) is 0 Å². The second-order valence-corrected chi connectivity index (χ2v) is 24.3. The monoisotopic (exact) mass is 1070 g/mol. The average molecular weight is 1080 g/mol. The second kappa shape index (κ2) is 55.3. The first-order valence-corrected chi connectivity index (χ1v) is 33.4. The van der Waals surface area contributed by atoms with Crippen LogP contribution in [0.3, 0.4) is 0 Å². The summed E-state index contributed by atoms with van der Waals surface area (Å²) in [7, 11) is 1.19. The number of allylic oxidation sites excluding steroid dienone is 7. The summed E-state index contributed by atoms with van der Waals surface area (Å²) in [4.78, 5) is 40.0. The van der Waals surface area contributed by atoms with Gasteiger partial charge in [0.2, 0.25) is 5.91 Å². The number of carbonyl (C=O) groups is 2. The number of hydrogen-bond acceptors (Lipinski definition) is 7. The van der Waals surface area contributed by atoms with Gasteiger partial charge in [0.05, 0.1) is 33.8 Å². The van der Waals surface area contributed by atoms with Crippen molar-refractivity contribution in [3.63, 3.8) is 0 Å². The molecular weight excluding hydrogens is 952 g/mol. The van der Waals surface area contributed by atoms with E-state index in [9.17, 15) is 19.0 Å². The molecule has 0 aliphatic carbocycles. The predicted octanol–water partition coefficient (Wildman–Crippen LogP) is 19.0. The Balaban J connectivity index is 5.16. The van der Waals surface area contributed by atoms with E-state index < -0.39 is 20.0 Å². The molecule has 0 bridgehead atoms. The van der Waals surface area contributed by atoms with Crippen LogP contribution in [0.15, 0.2) is 48.6 Å². The zero-order valence-corrected chi connectivity index (χ0v) is 51.2. The Kier molecular flexibility index (Phi) is 53.8. The van der Waals surface area contributed by atoms with Crippen molar-refractivity contribution in [2.24, 2.45) is 0 Å². The number of phosphoric acid groups is 1. The van der Waals surface area contributed by atoms with Crippen LogP contribution in [0.5, 0.6) is 0 Å². The van der Waals surface area contributed by atoms with Crippen molar-refractivity contribution in [1.29, 1.82) is 0 Å². The van der Waals surface area contributed by atoms with E-state index in [1.54, 1.807) is 0 Å². The maximum absolute atomic E-state index is 13.5. The number of esters is 1. The van der Waals surface area contributed by atoms with Crippen molar-refractivity contribution in [3.8, 4) is 0 Å². The molecule has 9 nitrogen and oxygen atoms in total. The zero-order valence-electron chi connectivity index (χ0n) is 50.3. The number of quaternary nitrogens is 1. The van der Waals surface area contributed by atoms with Gasteiger partial charge < -0.3 is 28.5 Å². The minimum absolute atomic E-state index is 0.0233. The summed E-state index contributed by atoms with van der Waals surface area (Å²) in [6.07, 6.45) is 67.9. The van der Waals surface area contributed by atoms with Crippen molar-refractivity contribution in [1.82, 2.24) is 5.32 Å². The van der Waals surface area contributed by atoms with Gasteiger partial charge in [-0.05, 0) is 89.5 Å². The standard InChI is InChI=1S/C65H123N2O7P/c1-7-10-13-16-19-22-25-27-29-31-32-33-34-36-37-39-42-45-48-51-54-57-64(68)66-62(61-73-75(70,71)72-60-59-67(4,5)6)63(56-53-50-47-44-41-24-21-18-15-12-9-3)74-65(69)58-55-52-49-46-43-40-38-35-30-28-26-23-20-17-14-11-8-2/h20,23,27-30,53,56,62-63H,7-19,21-22,24-26,31-52,54-55,57-61H2,1-6H3,(H-,66,68,70,71)/b23-20-,29-27+,30-28-,56-53-. The number of amides is 1. The topological polar surface area (TPSA) is 114 Å². The molecule has 0 aromatic heterocycles. The van der Waals surface area contributed by atoms with Crippen LogP contribution in [-0.2, 0) is 27.9 Å². The van der Waals surface area contributed by atoms with E-state index in [0.717, 1.165) is 77.0 Å². The third-order valence-electron chi connectivity index (χ3n) is 14.2. The zero-order chi connectivity index (χ0) is 55.0. The van der Waals surface area contributed by atoms with Crippen molar-refractivity contribution in [2.75, 3.05) is 40.9 Å². The molecule has 0 aliphatic heterocycles. The fourth-order valence-electron chi connectivity index (χ4n) is 9.25. The highest BCUT2D eigenvalue weighted by Gasteiger charge is 2.27. The minimum atomic E-state index is -4.70. The molecule has 0 spiro atoms. The number of nitrogens with one attached hydrogen (secondary N) is 1. The molecule has 0 saturated heterocycles. The number of hydrogen-bond donors (Lipinski definition) is 1.